The minimum absolute atomic E-state index is 0.204. The smallest absolute Gasteiger partial charge is 0.316 e. The van der Waals surface area contributed by atoms with E-state index in [-0.39, 0.29) is 6.42 Å². The topological polar surface area (TPSA) is 24.9 Å². The van der Waals surface area contributed by atoms with Gasteiger partial charge in [0, 0.05) is 17.8 Å². The lowest BCUT2D eigenvalue weighted by Crippen LogP contribution is -2.19. The summed E-state index contributed by atoms with van der Waals surface area (Å²) in [6.07, 6.45) is -3.02. The largest absolute Gasteiger partial charge is 0.389 e. The van der Waals surface area contributed by atoms with Crippen molar-refractivity contribution in [3.63, 3.8) is 0 Å². The van der Waals surface area contributed by atoms with Crippen LogP contribution in [0, 0.1) is 6.92 Å². The molecule has 0 unspecified atom stereocenters. The highest BCUT2D eigenvalue weighted by molar-refractivity contribution is 7.09. The van der Waals surface area contributed by atoms with Crippen molar-refractivity contribution < 1.29 is 13.2 Å². The van der Waals surface area contributed by atoms with Crippen LogP contribution >= 0.6 is 11.3 Å². The second kappa shape index (κ2) is 6.96. The number of aromatic nitrogens is 1. The van der Waals surface area contributed by atoms with Crippen LogP contribution in [0.15, 0.2) is 5.51 Å². The molecular formula is C11H17F3N2S. The summed E-state index contributed by atoms with van der Waals surface area (Å²) in [7, 11) is 0. The molecule has 6 heteroatoms. The maximum Gasteiger partial charge on any atom is 0.389 e. The highest BCUT2D eigenvalue weighted by Crippen LogP contribution is 2.21. The van der Waals surface area contributed by atoms with Crippen LogP contribution in [0.3, 0.4) is 0 Å². The quantitative estimate of drug-likeness (QED) is 0.766. The molecule has 98 valence electrons. The Kier molecular flexibility index (Phi) is 5.91. The summed E-state index contributed by atoms with van der Waals surface area (Å²) in [5, 5.41) is 3.15. The number of nitrogens with zero attached hydrogens (tertiary/aromatic N) is 1. The van der Waals surface area contributed by atoms with Gasteiger partial charge in [0.25, 0.3) is 0 Å². The summed E-state index contributed by atoms with van der Waals surface area (Å²) in [6, 6.07) is 0. The van der Waals surface area contributed by atoms with Gasteiger partial charge in [-0.15, -0.1) is 11.3 Å². The number of unbranched alkanes of at least 4 members (excludes halogenated alkanes) is 1. The van der Waals surface area contributed by atoms with Gasteiger partial charge in [-0.25, -0.2) is 4.98 Å². The van der Waals surface area contributed by atoms with E-state index >= 15 is 0 Å². The van der Waals surface area contributed by atoms with Crippen molar-refractivity contribution in [1.82, 2.24) is 10.3 Å². The Labute approximate surface area is 103 Å². The standard InChI is InChI=1S/C11H17F3N2S/c1-9-10(17-8-16-9)4-7-15-6-3-2-5-11(12,13)14/h8,15H,2-7H2,1H3. The van der Waals surface area contributed by atoms with E-state index in [4.69, 9.17) is 0 Å². The van der Waals surface area contributed by atoms with Gasteiger partial charge in [0.05, 0.1) is 11.2 Å². The molecule has 1 N–H and O–H groups in total. The number of aryl methyl sites for hydroxylation is 1. The Morgan fingerprint density at radius 3 is 2.65 bits per heavy atom. The molecule has 17 heavy (non-hydrogen) atoms. The first-order valence-corrected chi connectivity index (χ1v) is 6.53. The summed E-state index contributed by atoms with van der Waals surface area (Å²) in [6.45, 7) is 3.41. The molecule has 1 aromatic heterocycles. The molecule has 0 aliphatic carbocycles. The van der Waals surface area contributed by atoms with Crippen LogP contribution in [0.1, 0.15) is 29.8 Å². The first-order valence-electron chi connectivity index (χ1n) is 5.65. The predicted molar refractivity (Wildman–Crippen MR) is 63.3 cm³/mol. The van der Waals surface area contributed by atoms with Crippen LogP contribution in [0.25, 0.3) is 0 Å². The maximum absolute atomic E-state index is 11.8. The lowest BCUT2D eigenvalue weighted by Gasteiger charge is -2.06. The number of halogens is 3. The maximum atomic E-state index is 11.8. The molecule has 0 spiro atoms. The van der Waals surface area contributed by atoms with E-state index in [0.717, 1.165) is 18.7 Å². The zero-order valence-electron chi connectivity index (χ0n) is 9.81. The molecule has 0 atom stereocenters. The van der Waals surface area contributed by atoms with Crippen LogP contribution in [0.2, 0.25) is 0 Å². The summed E-state index contributed by atoms with van der Waals surface area (Å²) >= 11 is 1.62. The lowest BCUT2D eigenvalue weighted by molar-refractivity contribution is -0.135. The molecule has 0 aromatic carbocycles. The summed E-state index contributed by atoms with van der Waals surface area (Å²) in [4.78, 5) is 5.38. The van der Waals surface area contributed by atoms with E-state index in [1.54, 1.807) is 11.3 Å². The zero-order valence-corrected chi connectivity index (χ0v) is 10.6. The van der Waals surface area contributed by atoms with E-state index < -0.39 is 12.6 Å². The molecule has 1 aromatic rings. The highest BCUT2D eigenvalue weighted by atomic mass is 32.1. The van der Waals surface area contributed by atoms with Crippen LogP contribution in [0.4, 0.5) is 13.2 Å². The minimum atomic E-state index is -4.01. The molecule has 0 radical (unpaired) electrons. The fourth-order valence-corrected chi connectivity index (χ4v) is 2.25. The number of thiazole rings is 1. The summed E-state index contributed by atoms with van der Waals surface area (Å²) in [5.74, 6) is 0. The van der Waals surface area contributed by atoms with Crippen LogP contribution in [0.5, 0.6) is 0 Å². The number of rotatable bonds is 7. The Bertz CT molecular complexity index is 323. The van der Waals surface area contributed by atoms with Crippen LogP contribution in [-0.4, -0.2) is 24.2 Å². The molecule has 1 rings (SSSR count). The first kappa shape index (κ1) is 14.4. The molecule has 2 nitrogen and oxygen atoms in total. The molecular weight excluding hydrogens is 249 g/mol. The van der Waals surface area contributed by atoms with Crippen molar-refractivity contribution in [1.29, 1.82) is 0 Å². The number of alkyl halides is 3. The highest BCUT2D eigenvalue weighted by Gasteiger charge is 2.25. The second-order valence-corrected chi connectivity index (χ2v) is 4.87. The lowest BCUT2D eigenvalue weighted by atomic mass is 10.2. The van der Waals surface area contributed by atoms with Crippen LogP contribution < -0.4 is 5.32 Å². The van der Waals surface area contributed by atoms with Gasteiger partial charge in [-0.3, -0.25) is 0 Å². The Balaban J connectivity index is 1.97. The van der Waals surface area contributed by atoms with Gasteiger partial charge in [-0.05, 0) is 32.7 Å². The van der Waals surface area contributed by atoms with Gasteiger partial charge in [0.1, 0.15) is 0 Å². The first-order chi connectivity index (χ1) is 7.99. The van der Waals surface area contributed by atoms with Gasteiger partial charge in [-0.2, -0.15) is 13.2 Å². The third kappa shape index (κ3) is 6.63. The normalized spacial score (nSPS) is 12.0. The van der Waals surface area contributed by atoms with Crippen molar-refractivity contribution in [2.45, 2.75) is 38.8 Å². The zero-order chi connectivity index (χ0) is 12.7. The summed E-state index contributed by atoms with van der Waals surface area (Å²) in [5.41, 5.74) is 2.86. The van der Waals surface area contributed by atoms with Crippen molar-refractivity contribution >= 4 is 11.3 Å². The minimum Gasteiger partial charge on any atom is -0.316 e. The van der Waals surface area contributed by atoms with Gasteiger partial charge in [-0.1, -0.05) is 0 Å². The van der Waals surface area contributed by atoms with Gasteiger partial charge in [0.2, 0.25) is 0 Å². The fraction of sp³-hybridized carbons (Fsp3) is 0.727. The molecule has 0 saturated heterocycles. The third-order valence-electron chi connectivity index (χ3n) is 2.44. The van der Waals surface area contributed by atoms with Crippen molar-refractivity contribution in [2.24, 2.45) is 0 Å². The van der Waals surface area contributed by atoms with E-state index in [1.165, 1.54) is 4.88 Å². The van der Waals surface area contributed by atoms with Crippen molar-refractivity contribution in [3.05, 3.63) is 16.1 Å². The number of hydrogen-bond donors (Lipinski definition) is 1. The molecule has 0 bridgehead atoms. The van der Waals surface area contributed by atoms with E-state index in [2.05, 4.69) is 10.3 Å². The molecule has 0 amide bonds. The van der Waals surface area contributed by atoms with Crippen LogP contribution in [-0.2, 0) is 6.42 Å². The van der Waals surface area contributed by atoms with Crippen molar-refractivity contribution in [3.8, 4) is 0 Å². The Morgan fingerprint density at radius 1 is 1.29 bits per heavy atom. The third-order valence-corrected chi connectivity index (χ3v) is 3.43. The molecule has 0 aliphatic rings. The van der Waals surface area contributed by atoms with Crippen molar-refractivity contribution in [2.75, 3.05) is 13.1 Å². The van der Waals surface area contributed by atoms with E-state index in [1.807, 2.05) is 12.4 Å². The van der Waals surface area contributed by atoms with Gasteiger partial charge < -0.3 is 5.32 Å². The molecule has 1 heterocycles. The molecule has 0 fully saturated rings. The SMILES string of the molecule is Cc1ncsc1CCNCCCCC(F)(F)F. The molecule has 0 aliphatic heterocycles. The van der Waals surface area contributed by atoms with E-state index in [9.17, 15) is 13.2 Å². The fourth-order valence-electron chi connectivity index (χ4n) is 1.47. The van der Waals surface area contributed by atoms with E-state index in [0.29, 0.717) is 13.0 Å². The average molecular weight is 266 g/mol. The Hall–Kier alpha value is -0.620. The summed E-state index contributed by atoms with van der Waals surface area (Å²) < 4.78 is 35.5. The molecule has 0 saturated carbocycles. The number of nitrogens with one attached hydrogen (secondary N) is 1. The van der Waals surface area contributed by atoms with Gasteiger partial charge >= 0.3 is 6.18 Å². The van der Waals surface area contributed by atoms with Gasteiger partial charge in [0.15, 0.2) is 0 Å². The predicted octanol–water partition coefficient (Wildman–Crippen LogP) is 3.32. The second-order valence-electron chi connectivity index (χ2n) is 3.93. The number of hydrogen-bond acceptors (Lipinski definition) is 3. The Morgan fingerprint density at radius 2 is 2.06 bits per heavy atom. The monoisotopic (exact) mass is 266 g/mol. The average Bonchev–Trinajstić information content (AvgIpc) is 2.61.